The van der Waals surface area contributed by atoms with Gasteiger partial charge in [0.25, 0.3) is 11.5 Å². The molecule has 0 fully saturated rings. The lowest BCUT2D eigenvalue weighted by Gasteiger charge is -2.33. The van der Waals surface area contributed by atoms with Crippen molar-refractivity contribution in [3.8, 4) is 0 Å². The monoisotopic (exact) mass is 315 g/mol. The summed E-state index contributed by atoms with van der Waals surface area (Å²) in [4.78, 5) is 29.3. The molecule has 0 atom stereocenters. The van der Waals surface area contributed by atoms with E-state index in [0.29, 0.717) is 5.65 Å². The Labute approximate surface area is 136 Å². The average Bonchev–Trinajstić information content (AvgIpc) is 2.34. The van der Waals surface area contributed by atoms with Crippen LogP contribution in [0.1, 0.15) is 57.0 Å². The quantitative estimate of drug-likeness (QED) is 0.947. The molecular formula is C18H25N3O2. The van der Waals surface area contributed by atoms with Crippen molar-refractivity contribution in [1.82, 2.24) is 14.7 Å². The summed E-state index contributed by atoms with van der Waals surface area (Å²) in [5.41, 5.74) is 0.938. The highest BCUT2D eigenvalue weighted by atomic mass is 16.2. The minimum absolute atomic E-state index is 0.0633. The minimum atomic E-state index is -0.408. The van der Waals surface area contributed by atoms with E-state index in [1.165, 1.54) is 10.6 Å². The van der Waals surface area contributed by atoms with Crippen LogP contribution in [-0.2, 0) is 0 Å². The highest BCUT2D eigenvalue weighted by Gasteiger charge is 2.28. The first-order valence-corrected chi connectivity index (χ1v) is 7.79. The van der Waals surface area contributed by atoms with Gasteiger partial charge in [0, 0.05) is 17.9 Å². The molecule has 0 aliphatic carbocycles. The van der Waals surface area contributed by atoms with Crippen LogP contribution in [-0.4, -0.2) is 20.8 Å². The Morgan fingerprint density at radius 3 is 2.52 bits per heavy atom. The lowest BCUT2D eigenvalue weighted by Crippen LogP contribution is -2.47. The average molecular weight is 315 g/mol. The van der Waals surface area contributed by atoms with Gasteiger partial charge in [-0.15, -0.1) is 0 Å². The van der Waals surface area contributed by atoms with E-state index in [4.69, 9.17) is 0 Å². The summed E-state index contributed by atoms with van der Waals surface area (Å²) in [6.45, 7) is 12.2. The number of fused-ring (bicyclic) bond motifs is 1. The van der Waals surface area contributed by atoms with E-state index < -0.39 is 5.54 Å². The Kier molecular flexibility index (Phi) is 4.33. The van der Waals surface area contributed by atoms with Gasteiger partial charge in [0.1, 0.15) is 11.2 Å². The maximum Gasteiger partial charge on any atom is 0.270 e. The van der Waals surface area contributed by atoms with Gasteiger partial charge in [-0.25, -0.2) is 4.98 Å². The fourth-order valence-corrected chi connectivity index (χ4v) is 3.08. The summed E-state index contributed by atoms with van der Waals surface area (Å²) in [5.74, 6) is -0.383. The number of pyridine rings is 1. The molecule has 2 aromatic rings. The lowest BCUT2D eigenvalue weighted by molar-refractivity contribution is 0.0889. The fraction of sp³-hybridized carbons (Fsp3) is 0.500. The van der Waals surface area contributed by atoms with Crippen molar-refractivity contribution in [3.63, 3.8) is 0 Å². The standard InChI is InChI=1S/C18H25N3O2/c1-12-7-8-21-14(9-12)19-10-13(16(21)23)15(22)20-18(5,6)11-17(2,3)4/h7-10H,11H2,1-6H3,(H,20,22). The molecule has 2 aromatic heterocycles. The molecule has 124 valence electrons. The number of aromatic nitrogens is 2. The van der Waals surface area contributed by atoms with E-state index in [-0.39, 0.29) is 22.4 Å². The maximum atomic E-state index is 12.5. The normalized spacial score (nSPS) is 12.4. The summed E-state index contributed by atoms with van der Waals surface area (Å²) in [7, 11) is 0. The third kappa shape index (κ3) is 4.18. The molecule has 5 heteroatoms. The van der Waals surface area contributed by atoms with E-state index in [1.54, 1.807) is 6.20 Å². The van der Waals surface area contributed by atoms with Crippen LogP contribution in [0.5, 0.6) is 0 Å². The molecule has 0 saturated heterocycles. The number of carbonyl (C=O) groups excluding carboxylic acids is 1. The van der Waals surface area contributed by atoms with Gasteiger partial charge in [-0.3, -0.25) is 14.0 Å². The topological polar surface area (TPSA) is 63.5 Å². The second-order valence-electron chi connectivity index (χ2n) is 7.98. The number of hydrogen-bond acceptors (Lipinski definition) is 3. The Bertz CT molecular complexity index is 798. The number of rotatable bonds is 3. The van der Waals surface area contributed by atoms with Gasteiger partial charge in [-0.05, 0) is 50.3 Å². The van der Waals surface area contributed by atoms with E-state index in [1.807, 2.05) is 32.9 Å². The van der Waals surface area contributed by atoms with E-state index in [9.17, 15) is 9.59 Å². The van der Waals surface area contributed by atoms with Crippen molar-refractivity contribution < 1.29 is 4.79 Å². The Morgan fingerprint density at radius 2 is 1.91 bits per heavy atom. The molecule has 0 spiro atoms. The number of amides is 1. The van der Waals surface area contributed by atoms with Gasteiger partial charge in [0.15, 0.2) is 0 Å². The minimum Gasteiger partial charge on any atom is -0.347 e. The summed E-state index contributed by atoms with van der Waals surface area (Å²) >= 11 is 0. The highest BCUT2D eigenvalue weighted by molar-refractivity contribution is 5.94. The molecule has 0 unspecified atom stereocenters. The van der Waals surface area contributed by atoms with E-state index in [0.717, 1.165) is 12.0 Å². The molecular weight excluding hydrogens is 290 g/mol. The second kappa shape index (κ2) is 5.80. The molecule has 1 amide bonds. The molecule has 0 bridgehead atoms. The molecule has 23 heavy (non-hydrogen) atoms. The SMILES string of the molecule is Cc1ccn2c(=O)c(C(=O)NC(C)(C)CC(C)(C)C)cnc2c1. The summed E-state index contributed by atoms with van der Waals surface area (Å²) < 4.78 is 1.40. The van der Waals surface area contributed by atoms with Crippen molar-refractivity contribution in [2.45, 2.75) is 53.5 Å². The molecule has 2 heterocycles. The molecule has 5 nitrogen and oxygen atoms in total. The van der Waals surface area contributed by atoms with E-state index >= 15 is 0 Å². The van der Waals surface area contributed by atoms with Crippen molar-refractivity contribution in [3.05, 3.63) is 46.0 Å². The largest absolute Gasteiger partial charge is 0.347 e. The predicted molar refractivity (Wildman–Crippen MR) is 91.8 cm³/mol. The molecule has 0 saturated carbocycles. The van der Waals surface area contributed by atoms with Crippen LogP contribution in [0, 0.1) is 12.3 Å². The second-order valence-corrected chi connectivity index (χ2v) is 7.98. The molecule has 0 aliphatic heterocycles. The Hall–Kier alpha value is -2.17. The van der Waals surface area contributed by atoms with Gasteiger partial charge >= 0.3 is 0 Å². The number of hydrogen-bond donors (Lipinski definition) is 1. The predicted octanol–water partition coefficient (Wildman–Crippen LogP) is 2.95. The molecule has 0 aliphatic rings. The van der Waals surface area contributed by atoms with Gasteiger partial charge < -0.3 is 5.32 Å². The smallest absolute Gasteiger partial charge is 0.270 e. The van der Waals surface area contributed by atoms with Crippen molar-refractivity contribution in [1.29, 1.82) is 0 Å². The first-order valence-electron chi connectivity index (χ1n) is 7.79. The zero-order chi connectivity index (χ0) is 17.4. The molecule has 0 radical (unpaired) electrons. The van der Waals surface area contributed by atoms with Gasteiger partial charge in [-0.1, -0.05) is 20.8 Å². The summed E-state index contributed by atoms with van der Waals surface area (Å²) in [6.07, 6.45) is 3.81. The fourth-order valence-electron chi connectivity index (χ4n) is 3.08. The van der Waals surface area contributed by atoms with Crippen LogP contribution < -0.4 is 10.9 Å². The number of nitrogens with one attached hydrogen (secondary N) is 1. The van der Waals surface area contributed by atoms with Crippen LogP contribution in [0.15, 0.2) is 29.3 Å². The highest BCUT2D eigenvalue weighted by Crippen LogP contribution is 2.26. The van der Waals surface area contributed by atoms with Crippen molar-refractivity contribution in [2.24, 2.45) is 5.41 Å². The van der Waals surface area contributed by atoms with Gasteiger partial charge in [-0.2, -0.15) is 0 Å². The van der Waals surface area contributed by atoms with Crippen LogP contribution in [0.25, 0.3) is 5.65 Å². The number of nitrogens with zero attached hydrogens (tertiary/aromatic N) is 2. The zero-order valence-electron chi connectivity index (χ0n) is 14.7. The molecule has 2 rings (SSSR count). The molecule has 1 N–H and O–H groups in total. The molecule has 0 aromatic carbocycles. The van der Waals surface area contributed by atoms with Crippen LogP contribution in [0.3, 0.4) is 0 Å². The van der Waals surface area contributed by atoms with Crippen molar-refractivity contribution >= 4 is 11.6 Å². The maximum absolute atomic E-state index is 12.5. The van der Waals surface area contributed by atoms with Gasteiger partial charge in [0.05, 0.1) is 0 Å². The summed E-state index contributed by atoms with van der Waals surface area (Å²) in [5, 5.41) is 2.95. The third-order valence-electron chi connectivity index (χ3n) is 3.53. The summed E-state index contributed by atoms with van der Waals surface area (Å²) in [6, 6.07) is 3.63. The van der Waals surface area contributed by atoms with Crippen LogP contribution in [0.2, 0.25) is 0 Å². The van der Waals surface area contributed by atoms with Crippen LogP contribution in [0.4, 0.5) is 0 Å². The first-order chi connectivity index (χ1) is 10.5. The van der Waals surface area contributed by atoms with Gasteiger partial charge in [0.2, 0.25) is 0 Å². The lowest BCUT2D eigenvalue weighted by atomic mass is 9.81. The number of aryl methyl sites for hydroxylation is 1. The first kappa shape index (κ1) is 17.2. The van der Waals surface area contributed by atoms with E-state index in [2.05, 4.69) is 31.1 Å². The zero-order valence-corrected chi connectivity index (χ0v) is 14.7. The van der Waals surface area contributed by atoms with Crippen LogP contribution >= 0.6 is 0 Å². The Balaban J connectivity index is 2.33. The number of carbonyl (C=O) groups is 1. The third-order valence-corrected chi connectivity index (χ3v) is 3.53. The Morgan fingerprint density at radius 1 is 1.26 bits per heavy atom. The van der Waals surface area contributed by atoms with Crippen molar-refractivity contribution in [2.75, 3.05) is 0 Å².